The third-order valence-electron chi connectivity index (χ3n) is 2.14. The lowest BCUT2D eigenvalue weighted by atomic mass is 10.1. The molecule has 1 saturated carbocycles. The van der Waals surface area contributed by atoms with Gasteiger partial charge in [-0.25, -0.2) is 0 Å². The van der Waals surface area contributed by atoms with Gasteiger partial charge in [0, 0.05) is 6.54 Å². The predicted octanol–water partition coefficient (Wildman–Crippen LogP) is 0.543. The molecule has 0 saturated heterocycles. The van der Waals surface area contributed by atoms with Crippen LogP contribution in [-0.2, 0) is 9.59 Å². The minimum atomic E-state index is -1.13. The van der Waals surface area contributed by atoms with Gasteiger partial charge < -0.3 is 10.4 Å². The zero-order chi connectivity index (χ0) is 10.1. The summed E-state index contributed by atoms with van der Waals surface area (Å²) in [5.74, 6) is -1.41. The molecule has 0 spiro atoms. The Hall–Kier alpha value is -1.32. The van der Waals surface area contributed by atoms with Crippen molar-refractivity contribution in [3.63, 3.8) is 0 Å². The Bertz CT molecular complexity index is 266. The number of amides is 1. The molecule has 1 amide bonds. The molecule has 0 bridgehead atoms. The number of hydrogen-bond donors (Lipinski definition) is 2. The average Bonchev–Trinajstić information content (AvgIpc) is 2.79. The molecule has 0 aromatic heterocycles. The van der Waals surface area contributed by atoms with Gasteiger partial charge in [-0.3, -0.25) is 9.59 Å². The molecule has 1 aliphatic carbocycles. The molecule has 0 atom stereocenters. The molecule has 0 heterocycles. The molecular formula is C9H13NO3. The van der Waals surface area contributed by atoms with E-state index in [1.165, 1.54) is 0 Å². The Morgan fingerprint density at radius 1 is 1.54 bits per heavy atom. The third-order valence-corrected chi connectivity index (χ3v) is 2.14. The van der Waals surface area contributed by atoms with E-state index in [1.807, 2.05) is 0 Å². The molecular weight excluding hydrogens is 170 g/mol. The molecule has 0 aliphatic heterocycles. The number of hydrogen-bond acceptors (Lipinski definition) is 2. The number of rotatable bonds is 4. The van der Waals surface area contributed by atoms with E-state index in [-0.39, 0.29) is 5.91 Å². The molecule has 2 N–H and O–H groups in total. The van der Waals surface area contributed by atoms with Gasteiger partial charge in [-0.05, 0) is 19.8 Å². The van der Waals surface area contributed by atoms with E-state index >= 15 is 0 Å². The standard InChI is InChI=1S/C9H13NO3/c1-6(2)5-10-7(11)9(3-4-9)8(12)13/h1,3-5H2,2H3,(H,10,11)(H,12,13). The third kappa shape index (κ3) is 1.88. The molecule has 4 heteroatoms. The highest BCUT2D eigenvalue weighted by atomic mass is 16.4. The Morgan fingerprint density at radius 2 is 2.08 bits per heavy atom. The molecule has 1 aliphatic rings. The van der Waals surface area contributed by atoms with Crippen molar-refractivity contribution in [2.24, 2.45) is 5.41 Å². The Morgan fingerprint density at radius 3 is 2.38 bits per heavy atom. The van der Waals surface area contributed by atoms with Crippen LogP contribution in [0.25, 0.3) is 0 Å². The van der Waals surface area contributed by atoms with Crippen molar-refractivity contribution in [3.8, 4) is 0 Å². The molecule has 13 heavy (non-hydrogen) atoms. The fourth-order valence-corrected chi connectivity index (χ4v) is 1.06. The summed E-state index contributed by atoms with van der Waals surface area (Å²) in [6.45, 7) is 5.75. The lowest BCUT2D eigenvalue weighted by molar-refractivity contribution is -0.148. The number of carbonyl (C=O) groups is 2. The summed E-state index contributed by atoms with van der Waals surface area (Å²) in [5.41, 5.74) is -0.315. The molecule has 0 unspecified atom stereocenters. The number of carboxylic acid groups (broad SMARTS) is 1. The van der Waals surface area contributed by atoms with Gasteiger partial charge in [-0.1, -0.05) is 12.2 Å². The van der Waals surface area contributed by atoms with Crippen LogP contribution in [-0.4, -0.2) is 23.5 Å². The molecule has 1 fully saturated rings. The Labute approximate surface area is 76.6 Å². The van der Waals surface area contributed by atoms with Crippen LogP contribution >= 0.6 is 0 Å². The second kappa shape index (κ2) is 3.20. The normalized spacial score (nSPS) is 17.6. The number of carboxylic acids is 1. The van der Waals surface area contributed by atoms with Crippen molar-refractivity contribution in [2.75, 3.05) is 6.54 Å². The van der Waals surface area contributed by atoms with E-state index in [4.69, 9.17) is 5.11 Å². The number of carbonyl (C=O) groups excluding carboxylic acids is 1. The van der Waals surface area contributed by atoms with Gasteiger partial charge in [-0.2, -0.15) is 0 Å². The summed E-state index contributed by atoms with van der Waals surface area (Å²) < 4.78 is 0. The highest BCUT2D eigenvalue weighted by Gasteiger charge is 2.56. The van der Waals surface area contributed by atoms with Crippen molar-refractivity contribution in [2.45, 2.75) is 19.8 Å². The molecule has 0 aromatic carbocycles. The van der Waals surface area contributed by atoms with Crippen molar-refractivity contribution < 1.29 is 14.7 Å². The van der Waals surface area contributed by atoms with E-state index in [0.717, 1.165) is 5.57 Å². The summed E-state index contributed by atoms with van der Waals surface area (Å²) in [7, 11) is 0. The first kappa shape index (κ1) is 9.77. The van der Waals surface area contributed by atoms with Gasteiger partial charge in [0.25, 0.3) is 0 Å². The van der Waals surface area contributed by atoms with Crippen LogP contribution in [0.2, 0.25) is 0 Å². The first-order valence-electron chi connectivity index (χ1n) is 4.15. The molecule has 1 rings (SSSR count). The molecule has 72 valence electrons. The lowest BCUT2D eigenvalue weighted by Gasteiger charge is -2.09. The van der Waals surface area contributed by atoms with Gasteiger partial charge in [0.05, 0.1) is 0 Å². The maximum atomic E-state index is 11.3. The fourth-order valence-electron chi connectivity index (χ4n) is 1.06. The van der Waals surface area contributed by atoms with E-state index in [1.54, 1.807) is 6.92 Å². The summed E-state index contributed by atoms with van der Waals surface area (Å²) in [6, 6.07) is 0. The zero-order valence-corrected chi connectivity index (χ0v) is 7.59. The van der Waals surface area contributed by atoms with Crippen LogP contribution in [0.5, 0.6) is 0 Å². The predicted molar refractivity (Wildman–Crippen MR) is 47.1 cm³/mol. The average molecular weight is 183 g/mol. The van der Waals surface area contributed by atoms with E-state index in [9.17, 15) is 9.59 Å². The molecule has 0 aromatic rings. The van der Waals surface area contributed by atoms with Crippen molar-refractivity contribution in [1.29, 1.82) is 0 Å². The first-order chi connectivity index (χ1) is 5.99. The fraction of sp³-hybridized carbons (Fsp3) is 0.556. The van der Waals surface area contributed by atoms with Gasteiger partial charge in [0.1, 0.15) is 5.41 Å². The molecule has 4 nitrogen and oxygen atoms in total. The Kier molecular flexibility index (Phi) is 2.40. The Balaban J connectivity index is 2.49. The molecule has 0 radical (unpaired) electrons. The zero-order valence-electron chi connectivity index (χ0n) is 7.59. The van der Waals surface area contributed by atoms with Gasteiger partial charge in [0.15, 0.2) is 0 Å². The lowest BCUT2D eigenvalue weighted by Crippen LogP contribution is -2.37. The maximum Gasteiger partial charge on any atom is 0.319 e. The smallest absolute Gasteiger partial charge is 0.319 e. The van der Waals surface area contributed by atoms with Gasteiger partial charge in [0.2, 0.25) is 5.91 Å². The summed E-state index contributed by atoms with van der Waals surface area (Å²) >= 11 is 0. The summed E-state index contributed by atoms with van der Waals surface area (Å²) in [4.78, 5) is 22.0. The SMILES string of the molecule is C=C(C)CNC(=O)C1(C(=O)O)CC1. The number of aliphatic carboxylic acids is 1. The second-order valence-corrected chi connectivity index (χ2v) is 3.53. The highest BCUT2D eigenvalue weighted by Crippen LogP contribution is 2.45. The minimum Gasteiger partial charge on any atom is -0.480 e. The van der Waals surface area contributed by atoms with Crippen LogP contribution < -0.4 is 5.32 Å². The topological polar surface area (TPSA) is 66.4 Å². The van der Waals surface area contributed by atoms with Crippen molar-refractivity contribution in [3.05, 3.63) is 12.2 Å². The quantitative estimate of drug-likeness (QED) is 0.494. The maximum absolute atomic E-state index is 11.3. The monoisotopic (exact) mass is 183 g/mol. The summed E-state index contributed by atoms with van der Waals surface area (Å²) in [5, 5.41) is 11.3. The minimum absolute atomic E-state index is 0.355. The highest BCUT2D eigenvalue weighted by molar-refractivity contribution is 6.04. The first-order valence-corrected chi connectivity index (χ1v) is 4.15. The van der Waals surface area contributed by atoms with E-state index in [2.05, 4.69) is 11.9 Å². The van der Waals surface area contributed by atoms with Crippen LogP contribution in [0.1, 0.15) is 19.8 Å². The van der Waals surface area contributed by atoms with Crippen LogP contribution in [0, 0.1) is 5.41 Å². The van der Waals surface area contributed by atoms with Crippen LogP contribution in [0.4, 0.5) is 0 Å². The van der Waals surface area contributed by atoms with Crippen LogP contribution in [0.15, 0.2) is 12.2 Å². The van der Waals surface area contributed by atoms with Crippen molar-refractivity contribution in [1.82, 2.24) is 5.32 Å². The van der Waals surface area contributed by atoms with Gasteiger partial charge in [-0.15, -0.1) is 0 Å². The second-order valence-electron chi connectivity index (χ2n) is 3.53. The number of nitrogens with one attached hydrogen (secondary N) is 1. The largest absolute Gasteiger partial charge is 0.480 e. The van der Waals surface area contributed by atoms with Crippen molar-refractivity contribution >= 4 is 11.9 Å². The van der Waals surface area contributed by atoms with Crippen LogP contribution in [0.3, 0.4) is 0 Å². The van der Waals surface area contributed by atoms with E-state index in [0.29, 0.717) is 19.4 Å². The van der Waals surface area contributed by atoms with Gasteiger partial charge >= 0.3 is 5.97 Å². The van der Waals surface area contributed by atoms with E-state index < -0.39 is 11.4 Å². The summed E-state index contributed by atoms with van der Waals surface area (Å²) in [6.07, 6.45) is 0.898.